The molecule has 0 saturated carbocycles. The molecule has 66 valence electrons. The van der Waals surface area contributed by atoms with Crippen molar-refractivity contribution in [2.24, 2.45) is 0 Å². The third kappa shape index (κ3) is 5.78. The van der Waals surface area contributed by atoms with Gasteiger partial charge in [-0.3, -0.25) is 0 Å². The van der Waals surface area contributed by atoms with E-state index < -0.39 is 12.1 Å². The molecule has 0 aliphatic carbocycles. The Morgan fingerprint density at radius 1 is 1.55 bits per heavy atom. The van der Waals surface area contributed by atoms with Gasteiger partial charge in [0.25, 0.3) is 0 Å². The van der Waals surface area contributed by atoms with Crippen LogP contribution in [0.25, 0.3) is 0 Å². The number of carbonyl (C=O) groups is 1. The normalized spacial score (nSPS) is 12.9. The molecule has 0 aliphatic rings. The molecule has 5 heteroatoms. The van der Waals surface area contributed by atoms with Gasteiger partial charge in [0.05, 0.1) is 19.8 Å². The van der Waals surface area contributed by atoms with Crippen molar-refractivity contribution in [3.8, 4) is 0 Å². The smallest absolute Gasteiger partial charge is 0.334 e. The second kappa shape index (κ2) is 6.09. The molecule has 5 nitrogen and oxygen atoms in total. The van der Waals surface area contributed by atoms with Gasteiger partial charge >= 0.3 is 5.97 Å². The first-order chi connectivity index (χ1) is 5.18. The number of ether oxygens (including phenoxy) is 2. The van der Waals surface area contributed by atoms with E-state index in [1.807, 2.05) is 0 Å². The summed E-state index contributed by atoms with van der Waals surface area (Å²) in [5, 5.41) is 16.8. The number of aliphatic hydroxyl groups is 1. The zero-order valence-electron chi connectivity index (χ0n) is 6.32. The van der Waals surface area contributed by atoms with Crippen molar-refractivity contribution in [1.29, 1.82) is 0 Å². The number of hydrogen-bond donors (Lipinski definition) is 2. The number of carboxylic acids is 1. The molecule has 0 heterocycles. The highest BCUT2D eigenvalue weighted by atomic mass is 16.5. The molecule has 2 N–H and O–H groups in total. The van der Waals surface area contributed by atoms with E-state index in [4.69, 9.17) is 14.9 Å². The van der Waals surface area contributed by atoms with E-state index in [1.54, 1.807) is 0 Å². The average molecular weight is 164 g/mol. The summed E-state index contributed by atoms with van der Waals surface area (Å²) in [6, 6.07) is 0. The van der Waals surface area contributed by atoms with Crippen LogP contribution in [0, 0.1) is 0 Å². The minimum absolute atomic E-state index is 0.196. The van der Waals surface area contributed by atoms with Crippen LogP contribution in [0.2, 0.25) is 0 Å². The van der Waals surface area contributed by atoms with Crippen LogP contribution in [0.5, 0.6) is 0 Å². The van der Waals surface area contributed by atoms with Crippen LogP contribution in [0.15, 0.2) is 0 Å². The Hall–Kier alpha value is -0.650. The lowest BCUT2D eigenvalue weighted by Crippen LogP contribution is -2.26. The lowest BCUT2D eigenvalue weighted by Gasteiger charge is -2.05. The van der Waals surface area contributed by atoms with Crippen LogP contribution in [0.4, 0.5) is 0 Å². The molecule has 0 aromatic carbocycles. The fraction of sp³-hybridized carbons (Fsp3) is 0.833. The van der Waals surface area contributed by atoms with Gasteiger partial charge in [-0.25, -0.2) is 4.79 Å². The summed E-state index contributed by atoms with van der Waals surface area (Å²) in [5.41, 5.74) is 0. The van der Waals surface area contributed by atoms with Gasteiger partial charge in [-0.2, -0.15) is 0 Å². The molecule has 0 saturated heterocycles. The average Bonchev–Trinajstić information content (AvgIpc) is 1.97. The maximum atomic E-state index is 10.0. The Bertz CT molecular complexity index is 114. The number of hydrogen-bond acceptors (Lipinski definition) is 4. The molecular weight excluding hydrogens is 152 g/mol. The van der Waals surface area contributed by atoms with E-state index in [0.29, 0.717) is 13.2 Å². The fourth-order valence-electron chi connectivity index (χ4n) is 0.409. The molecule has 0 aliphatic heterocycles. The Morgan fingerprint density at radius 3 is 2.64 bits per heavy atom. The first-order valence-electron chi connectivity index (χ1n) is 3.16. The molecule has 1 atom stereocenters. The van der Waals surface area contributed by atoms with Crippen molar-refractivity contribution in [3.05, 3.63) is 0 Å². The predicted molar refractivity (Wildman–Crippen MR) is 36.3 cm³/mol. The van der Waals surface area contributed by atoms with Gasteiger partial charge in [0.1, 0.15) is 0 Å². The maximum Gasteiger partial charge on any atom is 0.334 e. The van der Waals surface area contributed by atoms with Crippen LogP contribution >= 0.6 is 0 Å². The van der Waals surface area contributed by atoms with Crippen LogP contribution < -0.4 is 0 Å². The quantitative estimate of drug-likeness (QED) is 0.497. The molecule has 0 amide bonds. The van der Waals surface area contributed by atoms with Crippen molar-refractivity contribution < 1.29 is 24.5 Å². The monoisotopic (exact) mass is 164 g/mol. The van der Waals surface area contributed by atoms with E-state index in [2.05, 4.69) is 4.74 Å². The highest BCUT2D eigenvalue weighted by Gasteiger charge is 2.11. The van der Waals surface area contributed by atoms with Crippen molar-refractivity contribution in [2.75, 3.05) is 26.9 Å². The minimum atomic E-state index is -1.44. The van der Waals surface area contributed by atoms with Gasteiger partial charge in [0, 0.05) is 7.11 Å². The Balaban J connectivity index is 3.17. The third-order valence-corrected chi connectivity index (χ3v) is 0.993. The van der Waals surface area contributed by atoms with E-state index in [0.717, 1.165) is 0 Å². The Morgan fingerprint density at radius 2 is 2.18 bits per heavy atom. The second-order valence-corrected chi connectivity index (χ2v) is 1.92. The molecule has 0 bridgehead atoms. The Labute approximate surface area is 64.5 Å². The Kier molecular flexibility index (Phi) is 5.73. The molecular formula is C6H12O5. The van der Waals surface area contributed by atoms with Crippen LogP contribution in [-0.4, -0.2) is 49.2 Å². The van der Waals surface area contributed by atoms with Crippen molar-refractivity contribution in [1.82, 2.24) is 0 Å². The van der Waals surface area contributed by atoms with Crippen molar-refractivity contribution in [2.45, 2.75) is 6.10 Å². The predicted octanol–water partition coefficient (Wildman–Crippen LogP) is -0.905. The lowest BCUT2D eigenvalue weighted by molar-refractivity contribution is -0.150. The van der Waals surface area contributed by atoms with E-state index in [1.165, 1.54) is 7.11 Å². The summed E-state index contributed by atoms with van der Waals surface area (Å²) in [6.45, 7) is 0.492. The zero-order valence-corrected chi connectivity index (χ0v) is 6.32. The molecule has 0 radical (unpaired) electrons. The summed E-state index contributed by atoms with van der Waals surface area (Å²) in [6.07, 6.45) is -1.44. The summed E-state index contributed by atoms with van der Waals surface area (Å²) < 4.78 is 9.37. The lowest BCUT2D eigenvalue weighted by atomic mass is 10.4. The molecule has 0 rings (SSSR count). The van der Waals surface area contributed by atoms with Gasteiger partial charge in [0.2, 0.25) is 0 Å². The maximum absolute atomic E-state index is 10.0. The summed E-state index contributed by atoms with van der Waals surface area (Å²) >= 11 is 0. The zero-order chi connectivity index (χ0) is 8.69. The van der Waals surface area contributed by atoms with Gasteiger partial charge in [-0.05, 0) is 0 Å². The van der Waals surface area contributed by atoms with Crippen molar-refractivity contribution >= 4 is 5.97 Å². The summed E-state index contributed by atoms with van der Waals surface area (Å²) in [4.78, 5) is 10.0. The molecule has 0 aromatic heterocycles. The summed E-state index contributed by atoms with van der Waals surface area (Å²) in [7, 11) is 1.51. The fourth-order valence-corrected chi connectivity index (χ4v) is 0.409. The second-order valence-electron chi connectivity index (χ2n) is 1.92. The first-order valence-corrected chi connectivity index (χ1v) is 3.16. The number of methoxy groups -OCH3 is 1. The van der Waals surface area contributed by atoms with E-state index >= 15 is 0 Å². The van der Waals surface area contributed by atoms with Gasteiger partial charge < -0.3 is 19.7 Å². The van der Waals surface area contributed by atoms with Crippen LogP contribution in [0.1, 0.15) is 0 Å². The van der Waals surface area contributed by atoms with Crippen LogP contribution in [-0.2, 0) is 14.3 Å². The molecule has 11 heavy (non-hydrogen) atoms. The standard InChI is InChI=1S/C6H12O5/c1-10-2-3-11-4-5(7)6(8)9/h5,7H,2-4H2,1H3,(H,8,9). The SMILES string of the molecule is COCCOCC(O)C(=O)O. The number of rotatable bonds is 6. The molecule has 0 fully saturated rings. The summed E-state index contributed by atoms with van der Waals surface area (Å²) in [5.74, 6) is -1.28. The molecule has 1 unspecified atom stereocenters. The van der Waals surface area contributed by atoms with E-state index in [-0.39, 0.29) is 6.61 Å². The van der Waals surface area contributed by atoms with E-state index in [9.17, 15) is 4.79 Å². The third-order valence-electron chi connectivity index (χ3n) is 0.993. The number of aliphatic carboxylic acids is 1. The highest BCUT2D eigenvalue weighted by Crippen LogP contribution is 1.85. The first kappa shape index (κ1) is 10.3. The molecule has 0 spiro atoms. The highest BCUT2D eigenvalue weighted by molar-refractivity contribution is 5.71. The largest absolute Gasteiger partial charge is 0.479 e. The molecule has 0 aromatic rings. The topological polar surface area (TPSA) is 76.0 Å². The minimum Gasteiger partial charge on any atom is -0.479 e. The number of aliphatic hydroxyl groups excluding tert-OH is 1. The number of carboxylic acid groups (broad SMARTS) is 1. The van der Waals surface area contributed by atoms with Crippen LogP contribution in [0.3, 0.4) is 0 Å². The van der Waals surface area contributed by atoms with Gasteiger partial charge in [-0.15, -0.1) is 0 Å². The van der Waals surface area contributed by atoms with Gasteiger partial charge in [-0.1, -0.05) is 0 Å². The van der Waals surface area contributed by atoms with Crippen molar-refractivity contribution in [3.63, 3.8) is 0 Å². The van der Waals surface area contributed by atoms with Gasteiger partial charge in [0.15, 0.2) is 6.10 Å².